The number of likely N-dealkylation sites (N-methyl/N-ethyl adjacent to an activating group) is 1. The van der Waals surface area contributed by atoms with Gasteiger partial charge in [0.25, 0.3) is 11.6 Å². The van der Waals surface area contributed by atoms with Crippen molar-refractivity contribution >= 4 is 17.5 Å². The second-order valence-corrected chi connectivity index (χ2v) is 4.99. The molecule has 9 heteroatoms. The highest BCUT2D eigenvalue weighted by molar-refractivity contribution is 5.94. The number of rotatable bonds is 6. The normalized spacial score (nSPS) is 10.2. The molecule has 126 valence electrons. The molecule has 2 aromatic rings. The van der Waals surface area contributed by atoms with E-state index in [0.29, 0.717) is 0 Å². The molecule has 0 unspecified atom stereocenters. The quantitative estimate of drug-likeness (QED) is 0.606. The van der Waals surface area contributed by atoms with Crippen LogP contribution in [0.15, 0.2) is 41.0 Å². The summed E-state index contributed by atoms with van der Waals surface area (Å²) in [6.07, 6.45) is 1.35. The Hall–Kier alpha value is -3.36. The molecule has 1 heterocycles. The number of furan rings is 1. The Morgan fingerprint density at radius 1 is 1.38 bits per heavy atom. The van der Waals surface area contributed by atoms with Gasteiger partial charge in [-0.3, -0.25) is 19.7 Å². The van der Waals surface area contributed by atoms with E-state index in [4.69, 9.17) is 4.42 Å². The van der Waals surface area contributed by atoms with Crippen molar-refractivity contribution in [1.82, 2.24) is 10.2 Å². The van der Waals surface area contributed by atoms with Gasteiger partial charge in [-0.25, -0.2) is 0 Å². The third kappa shape index (κ3) is 4.09. The Kier molecular flexibility index (Phi) is 5.15. The van der Waals surface area contributed by atoms with Crippen molar-refractivity contribution < 1.29 is 24.0 Å². The number of amides is 2. The maximum atomic E-state index is 11.9. The smallest absolute Gasteiger partial charge is 0.289 e. The van der Waals surface area contributed by atoms with Crippen molar-refractivity contribution in [3.05, 3.63) is 58.0 Å². The molecule has 9 nitrogen and oxygen atoms in total. The van der Waals surface area contributed by atoms with Gasteiger partial charge >= 0.3 is 0 Å². The predicted octanol–water partition coefficient (Wildman–Crippen LogP) is 1.28. The average Bonchev–Trinajstić information content (AvgIpc) is 3.07. The molecule has 0 saturated carbocycles. The van der Waals surface area contributed by atoms with Crippen LogP contribution in [0.5, 0.6) is 5.75 Å². The number of phenolic OH excluding ortho intramolecular Hbond substituents is 1. The average molecular weight is 333 g/mol. The van der Waals surface area contributed by atoms with Crippen LogP contribution in [0.25, 0.3) is 0 Å². The maximum Gasteiger partial charge on any atom is 0.289 e. The van der Waals surface area contributed by atoms with Crippen LogP contribution in [0.4, 0.5) is 5.69 Å². The van der Waals surface area contributed by atoms with E-state index < -0.39 is 16.7 Å². The first-order chi connectivity index (χ1) is 11.4. The molecule has 2 rings (SSSR count). The van der Waals surface area contributed by atoms with E-state index in [9.17, 15) is 24.8 Å². The zero-order valence-electron chi connectivity index (χ0n) is 12.8. The first-order valence-corrected chi connectivity index (χ1v) is 6.90. The zero-order valence-corrected chi connectivity index (χ0v) is 12.8. The van der Waals surface area contributed by atoms with Gasteiger partial charge in [-0.05, 0) is 18.2 Å². The number of nitrogens with zero attached hydrogens (tertiary/aromatic N) is 2. The van der Waals surface area contributed by atoms with E-state index in [1.54, 1.807) is 6.07 Å². The van der Waals surface area contributed by atoms with E-state index >= 15 is 0 Å². The fourth-order valence-corrected chi connectivity index (χ4v) is 1.95. The molecule has 0 atom stereocenters. The summed E-state index contributed by atoms with van der Waals surface area (Å²) in [5.74, 6) is -0.987. The van der Waals surface area contributed by atoms with Crippen LogP contribution in [0.3, 0.4) is 0 Å². The van der Waals surface area contributed by atoms with Crippen LogP contribution in [0, 0.1) is 10.1 Å². The first kappa shape index (κ1) is 17.0. The maximum absolute atomic E-state index is 11.9. The number of non-ortho nitro benzene ring substituents is 1. The van der Waals surface area contributed by atoms with Crippen LogP contribution in [0.1, 0.15) is 16.1 Å². The van der Waals surface area contributed by atoms with E-state index in [1.165, 1.54) is 36.4 Å². The second-order valence-electron chi connectivity index (χ2n) is 4.99. The van der Waals surface area contributed by atoms with Crippen molar-refractivity contribution in [2.24, 2.45) is 0 Å². The largest absolute Gasteiger partial charge is 0.508 e. The monoisotopic (exact) mass is 333 g/mol. The summed E-state index contributed by atoms with van der Waals surface area (Å²) in [5, 5.41) is 22.9. The molecule has 0 aliphatic heterocycles. The van der Waals surface area contributed by atoms with Gasteiger partial charge in [0.2, 0.25) is 5.91 Å². The highest BCUT2D eigenvalue weighted by Gasteiger charge is 2.17. The fourth-order valence-electron chi connectivity index (χ4n) is 1.95. The van der Waals surface area contributed by atoms with Gasteiger partial charge in [-0.1, -0.05) is 0 Å². The minimum absolute atomic E-state index is 0.102. The van der Waals surface area contributed by atoms with Gasteiger partial charge in [0.15, 0.2) is 5.76 Å². The summed E-state index contributed by atoms with van der Waals surface area (Å²) in [7, 11) is 1.44. The van der Waals surface area contributed by atoms with Crippen LogP contribution in [-0.4, -0.2) is 40.3 Å². The Bertz CT molecular complexity index is 757. The predicted molar refractivity (Wildman–Crippen MR) is 82.3 cm³/mol. The SMILES string of the molecule is CN(CC(=O)NCc1cc([N+](=O)[O-])ccc1O)C(=O)c1ccco1. The molecular weight excluding hydrogens is 318 g/mol. The molecular formula is C15H15N3O6. The lowest BCUT2D eigenvalue weighted by Gasteiger charge is -2.15. The molecule has 0 fully saturated rings. The Morgan fingerprint density at radius 2 is 2.12 bits per heavy atom. The second kappa shape index (κ2) is 7.27. The number of carbonyl (C=O) groups excluding carboxylic acids is 2. The minimum Gasteiger partial charge on any atom is -0.508 e. The lowest BCUT2D eigenvalue weighted by Crippen LogP contribution is -2.38. The fraction of sp³-hybridized carbons (Fsp3) is 0.200. The summed E-state index contributed by atoms with van der Waals surface area (Å²) in [6.45, 7) is -0.329. The summed E-state index contributed by atoms with van der Waals surface area (Å²) in [4.78, 5) is 35.1. The molecule has 0 radical (unpaired) electrons. The first-order valence-electron chi connectivity index (χ1n) is 6.90. The molecule has 2 amide bonds. The summed E-state index contributed by atoms with van der Waals surface area (Å²) in [6, 6.07) is 6.57. The number of nitro benzene ring substituents is 1. The van der Waals surface area contributed by atoms with Crippen molar-refractivity contribution in [3.8, 4) is 5.75 Å². The van der Waals surface area contributed by atoms with Gasteiger partial charge in [0, 0.05) is 31.3 Å². The summed E-state index contributed by atoms with van der Waals surface area (Å²) >= 11 is 0. The van der Waals surface area contributed by atoms with E-state index in [-0.39, 0.29) is 35.9 Å². The lowest BCUT2D eigenvalue weighted by atomic mass is 10.2. The molecule has 0 spiro atoms. The molecule has 0 aliphatic rings. The lowest BCUT2D eigenvalue weighted by molar-refractivity contribution is -0.384. The third-order valence-corrected chi connectivity index (χ3v) is 3.21. The van der Waals surface area contributed by atoms with Crippen molar-refractivity contribution in [1.29, 1.82) is 0 Å². The summed E-state index contributed by atoms with van der Waals surface area (Å²) in [5.41, 5.74) is 0.0136. The van der Waals surface area contributed by atoms with Crippen molar-refractivity contribution in [2.45, 2.75) is 6.54 Å². The molecule has 0 saturated heterocycles. The van der Waals surface area contributed by atoms with Crippen LogP contribution < -0.4 is 5.32 Å². The Labute approximate surface area is 136 Å². The van der Waals surface area contributed by atoms with E-state index in [1.807, 2.05) is 0 Å². The van der Waals surface area contributed by atoms with Crippen molar-refractivity contribution in [3.63, 3.8) is 0 Å². The third-order valence-electron chi connectivity index (χ3n) is 3.21. The number of nitro groups is 1. The molecule has 24 heavy (non-hydrogen) atoms. The standard InChI is InChI=1S/C15H15N3O6/c1-17(15(21)13-3-2-6-24-13)9-14(20)16-8-10-7-11(18(22)23)4-5-12(10)19/h2-7,19H,8-9H2,1H3,(H,16,20). The number of aromatic hydroxyl groups is 1. The van der Waals surface area contributed by atoms with Gasteiger partial charge < -0.3 is 19.7 Å². The zero-order chi connectivity index (χ0) is 17.7. The van der Waals surface area contributed by atoms with Gasteiger partial charge in [-0.2, -0.15) is 0 Å². The number of nitrogens with one attached hydrogen (secondary N) is 1. The Morgan fingerprint density at radius 3 is 2.75 bits per heavy atom. The summed E-state index contributed by atoms with van der Waals surface area (Å²) < 4.78 is 4.96. The minimum atomic E-state index is -0.597. The molecule has 1 aromatic carbocycles. The number of hydrogen-bond acceptors (Lipinski definition) is 6. The molecule has 0 bridgehead atoms. The molecule has 1 aromatic heterocycles. The van der Waals surface area contributed by atoms with E-state index in [0.717, 1.165) is 6.07 Å². The number of carbonyl (C=O) groups is 2. The van der Waals surface area contributed by atoms with Gasteiger partial charge in [-0.15, -0.1) is 0 Å². The van der Waals surface area contributed by atoms with Crippen molar-refractivity contribution in [2.75, 3.05) is 13.6 Å². The van der Waals surface area contributed by atoms with Crippen LogP contribution >= 0.6 is 0 Å². The topological polar surface area (TPSA) is 126 Å². The molecule has 2 N–H and O–H groups in total. The highest BCUT2D eigenvalue weighted by Crippen LogP contribution is 2.22. The highest BCUT2D eigenvalue weighted by atomic mass is 16.6. The van der Waals surface area contributed by atoms with E-state index in [2.05, 4.69) is 5.32 Å². The van der Waals surface area contributed by atoms with Gasteiger partial charge in [0.1, 0.15) is 5.75 Å². The van der Waals surface area contributed by atoms with Crippen LogP contribution in [-0.2, 0) is 11.3 Å². The Balaban J connectivity index is 1.92. The number of benzene rings is 1. The van der Waals surface area contributed by atoms with Crippen LogP contribution in [0.2, 0.25) is 0 Å². The number of phenols is 1. The number of hydrogen-bond donors (Lipinski definition) is 2. The van der Waals surface area contributed by atoms with Gasteiger partial charge in [0.05, 0.1) is 17.7 Å². The molecule has 0 aliphatic carbocycles.